The average Bonchev–Trinajstić information content (AvgIpc) is 2.07. The zero-order valence-electron chi connectivity index (χ0n) is 8.25. The molecule has 4 N–H and O–H groups in total. The van der Waals surface area contributed by atoms with Crippen molar-refractivity contribution in [3.63, 3.8) is 0 Å². The minimum atomic E-state index is -3.43. The Labute approximate surface area is 84.3 Å². The van der Waals surface area contributed by atoms with Gasteiger partial charge in [0.2, 0.25) is 15.9 Å². The summed E-state index contributed by atoms with van der Waals surface area (Å²) in [5, 5.41) is 10.1. The van der Waals surface area contributed by atoms with Gasteiger partial charge in [-0.25, -0.2) is 13.6 Å². The second-order valence-electron chi connectivity index (χ2n) is 2.89. The highest BCUT2D eigenvalue weighted by molar-refractivity contribution is 7.89. The maximum atomic E-state index is 11.0. The number of primary sulfonamides is 1. The summed E-state index contributed by atoms with van der Waals surface area (Å²) in [6.07, 6.45) is 0.878. The molecule has 6 nitrogen and oxygen atoms in total. The highest BCUT2D eigenvalue weighted by Gasteiger charge is 2.03. The number of nitrogens with one attached hydrogen (secondary N) is 2. The molecule has 0 rings (SSSR count). The number of nitrogens with two attached hydrogens (primary N) is 1. The lowest BCUT2D eigenvalue weighted by Gasteiger charge is -2.04. The Morgan fingerprint density at radius 3 is 2.50 bits per heavy atom. The van der Waals surface area contributed by atoms with Gasteiger partial charge in [0.25, 0.3) is 0 Å². The summed E-state index contributed by atoms with van der Waals surface area (Å²) in [6, 6.07) is 0. The molecule has 7 heteroatoms. The van der Waals surface area contributed by atoms with Gasteiger partial charge in [-0.1, -0.05) is 6.92 Å². The molecule has 0 spiro atoms. The molecule has 0 atom stereocenters. The molecule has 0 aliphatic carbocycles. The highest BCUT2D eigenvalue weighted by atomic mass is 32.2. The molecule has 0 aliphatic rings. The van der Waals surface area contributed by atoms with Crippen molar-refractivity contribution in [2.75, 3.05) is 25.4 Å². The van der Waals surface area contributed by atoms with Crippen molar-refractivity contribution >= 4 is 15.9 Å². The fraction of sp³-hybridized carbons (Fsp3) is 0.857. The molecular weight excluding hydrogens is 206 g/mol. The molecule has 0 saturated carbocycles. The van der Waals surface area contributed by atoms with E-state index < -0.39 is 10.0 Å². The quantitative estimate of drug-likeness (QED) is 0.452. The Hall–Kier alpha value is -0.660. The zero-order chi connectivity index (χ0) is 11.0. The van der Waals surface area contributed by atoms with Crippen molar-refractivity contribution in [2.45, 2.75) is 13.3 Å². The van der Waals surface area contributed by atoms with Crippen molar-refractivity contribution in [3.8, 4) is 0 Å². The topological polar surface area (TPSA) is 101 Å². The normalized spacial score (nSPS) is 11.3. The SMILES string of the molecule is CCCNC(=O)CNCCS(N)(=O)=O. The monoisotopic (exact) mass is 223 g/mol. The van der Waals surface area contributed by atoms with Gasteiger partial charge in [0.05, 0.1) is 12.3 Å². The molecule has 0 unspecified atom stereocenters. The number of sulfonamides is 1. The Morgan fingerprint density at radius 1 is 1.36 bits per heavy atom. The third-order valence-electron chi connectivity index (χ3n) is 1.42. The molecule has 0 heterocycles. The molecule has 0 fully saturated rings. The fourth-order valence-corrected chi connectivity index (χ4v) is 1.17. The van der Waals surface area contributed by atoms with Gasteiger partial charge in [0, 0.05) is 13.1 Å². The smallest absolute Gasteiger partial charge is 0.233 e. The number of hydrogen-bond acceptors (Lipinski definition) is 4. The molecule has 1 amide bonds. The molecule has 0 bridgehead atoms. The van der Waals surface area contributed by atoms with Crippen LogP contribution < -0.4 is 15.8 Å². The van der Waals surface area contributed by atoms with E-state index in [4.69, 9.17) is 5.14 Å². The van der Waals surface area contributed by atoms with Gasteiger partial charge in [0.1, 0.15) is 0 Å². The summed E-state index contributed by atoms with van der Waals surface area (Å²) in [6.45, 7) is 2.90. The standard InChI is InChI=1S/C7H17N3O3S/c1-2-3-10-7(11)6-9-4-5-14(8,12)13/h9H,2-6H2,1H3,(H,10,11)(H2,8,12,13). The molecule has 14 heavy (non-hydrogen) atoms. The second kappa shape index (κ2) is 6.74. The third-order valence-corrected chi connectivity index (χ3v) is 2.19. The van der Waals surface area contributed by atoms with Crippen molar-refractivity contribution in [1.29, 1.82) is 0 Å². The molecule has 0 radical (unpaired) electrons. The number of carbonyl (C=O) groups excluding carboxylic acids is 1. The van der Waals surface area contributed by atoms with Gasteiger partial charge in [-0.15, -0.1) is 0 Å². The van der Waals surface area contributed by atoms with Crippen LogP contribution in [-0.2, 0) is 14.8 Å². The lowest BCUT2D eigenvalue weighted by atomic mass is 10.4. The minimum Gasteiger partial charge on any atom is -0.355 e. The summed E-state index contributed by atoms with van der Waals surface area (Å²) in [4.78, 5) is 11.0. The number of carbonyl (C=O) groups is 1. The first-order valence-corrected chi connectivity index (χ1v) is 6.15. The third kappa shape index (κ3) is 9.43. The summed E-state index contributed by atoms with van der Waals surface area (Å²) in [7, 11) is -3.43. The van der Waals surface area contributed by atoms with Crippen LogP contribution in [0.25, 0.3) is 0 Å². The van der Waals surface area contributed by atoms with Crippen LogP contribution in [0.15, 0.2) is 0 Å². The first-order valence-electron chi connectivity index (χ1n) is 4.43. The predicted molar refractivity (Wildman–Crippen MR) is 54.1 cm³/mol. The molecule has 0 aliphatic heterocycles. The largest absolute Gasteiger partial charge is 0.355 e. The Morgan fingerprint density at radius 2 is 2.00 bits per heavy atom. The summed E-state index contributed by atoms with van der Waals surface area (Å²) in [5.74, 6) is -0.296. The van der Waals surface area contributed by atoms with E-state index in [0.29, 0.717) is 6.54 Å². The van der Waals surface area contributed by atoms with Crippen molar-refractivity contribution < 1.29 is 13.2 Å². The predicted octanol–water partition coefficient (Wildman–Crippen LogP) is -1.61. The van der Waals surface area contributed by atoms with Crippen LogP contribution in [0.1, 0.15) is 13.3 Å². The Balaban J connectivity index is 3.41. The molecule has 0 aromatic carbocycles. The van der Waals surface area contributed by atoms with Gasteiger partial charge in [0.15, 0.2) is 0 Å². The Bertz CT molecular complexity index is 263. The van der Waals surface area contributed by atoms with Crippen LogP contribution >= 0.6 is 0 Å². The van der Waals surface area contributed by atoms with Crippen LogP contribution in [0.2, 0.25) is 0 Å². The van der Waals surface area contributed by atoms with Gasteiger partial charge in [-0.3, -0.25) is 4.79 Å². The van der Waals surface area contributed by atoms with E-state index in [0.717, 1.165) is 6.42 Å². The fourth-order valence-electron chi connectivity index (χ4n) is 0.743. The summed E-state index contributed by atoms with van der Waals surface area (Å²) < 4.78 is 21.0. The van der Waals surface area contributed by atoms with Crippen LogP contribution in [0.3, 0.4) is 0 Å². The minimum absolute atomic E-state index is 0.121. The molecule has 84 valence electrons. The average molecular weight is 223 g/mol. The Kier molecular flexibility index (Phi) is 6.43. The molecule has 0 aromatic rings. The number of rotatable bonds is 7. The van der Waals surface area contributed by atoms with Crippen molar-refractivity contribution in [2.24, 2.45) is 5.14 Å². The van der Waals surface area contributed by atoms with E-state index in [1.54, 1.807) is 0 Å². The van der Waals surface area contributed by atoms with Gasteiger partial charge in [-0.05, 0) is 6.42 Å². The van der Waals surface area contributed by atoms with E-state index in [2.05, 4.69) is 10.6 Å². The van der Waals surface area contributed by atoms with E-state index in [-0.39, 0.29) is 24.7 Å². The molecule has 0 saturated heterocycles. The zero-order valence-corrected chi connectivity index (χ0v) is 9.06. The maximum Gasteiger partial charge on any atom is 0.233 e. The first-order chi connectivity index (χ1) is 6.45. The van der Waals surface area contributed by atoms with Crippen LogP contribution in [0.5, 0.6) is 0 Å². The van der Waals surface area contributed by atoms with Gasteiger partial charge < -0.3 is 10.6 Å². The molecule has 0 aromatic heterocycles. The van der Waals surface area contributed by atoms with Gasteiger partial charge >= 0.3 is 0 Å². The van der Waals surface area contributed by atoms with Crippen molar-refractivity contribution in [1.82, 2.24) is 10.6 Å². The highest BCUT2D eigenvalue weighted by Crippen LogP contribution is 1.75. The van der Waals surface area contributed by atoms with E-state index in [1.165, 1.54) is 0 Å². The van der Waals surface area contributed by atoms with Crippen LogP contribution in [0, 0.1) is 0 Å². The van der Waals surface area contributed by atoms with Crippen molar-refractivity contribution in [3.05, 3.63) is 0 Å². The van der Waals surface area contributed by atoms with Crippen LogP contribution in [-0.4, -0.2) is 39.7 Å². The van der Waals surface area contributed by atoms with Crippen LogP contribution in [0.4, 0.5) is 0 Å². The maximum absolute atomic E-state index is 11.0. The lowest BCUT2D eigenvalue weighted by Crippen LogP contribution is -2.36. The molecular formula is C7H17N3O3S. The first kappa shape index (κ1) is 13.3. The summed E-state index contributed by atoms with van der Waals surface area (Å²) >= 11 is 0. The number of amides is 1. The second-order valence-corrected chi connectivity index (χ2v) is 4.63. The van der Waals surface area contributed by atoms with E-state index >= 15 is 0 Å². The van der Waals surface area contributed by atoms with E-state index in [1.807, 2.05) is 6.92 Å². The van der Waals surface area contributed by atoms with E-state index in [9.17, 15) is 13.2 Å². The van der Waals surface area contributed by atoms with Gasteiger partial charge in [-0.2, -0.15) is 0 Å². The lowest BCUT2D eigenvalue weighted by molar-refractivity contribution is -0.120. The summed E-state index contributed by atoms with van der Waals surface area (Å²) in [5.41, 5.74) is 0. The number of hydrogen-bond donors (Lipinski definition) is 3.